The summed E-state index contributed by atoms with van der Waals surface area (Å²) in [5.41, 5.74) is 2.15. The number of amides is 1. The Bertz CT molecular complexity index is 1430. The fourth-order valence-electron chi connectivity index (χ4n) is 4.28. The molecule has 0 aliphatic carbocycles. The van der Waals surface area contributed by atoms with Crippen LogP contribution in [0.3, 0.4) is 0 Å². The van der Waals surface area contributed by atoms with Crippen molar-refractivity contribution in [2.75, 3.05) is 48.3 Å². The van der Waals surface area contributed by atoms with Crippen molar-refractivity contribution in [2.45, 2.75) is 6.92 Å². The third-order valence-corrected chi connectivity index (χ3v) is 6.32. The number of fused-ring (bicyclic) bond motifs is 1. The van der Waals surface area contributed by atoms with E-state index in [0.29, 0.717) is 28.2 Å². The number of benzene rings is 1. The summed E-state index contributed by atoms with van der Waals surface area (Å²) in [6, 6.07) is 10.1. The van der Waals surface area contributed by atoms with Crippen LogP contribution >= 0.6 is 0 Å². The van der Waals surface area contributed by atoms with Crippen molar-refractivity contribution in [3.63, 3.8) is 0 Å². The van der Waals surface area contributed by atoms with Gasteiger partial charge in [0.1, 0.15) is 11.6 Å². The standard InChI is InChI=1S/C27H27FN8O/c1-3-24(37)32-19-9-10-29-22(15-19)25-21(28)7-5-18-16-31-27(34-26(18)25)33-20-6-8-23(30-17-20)36-13-11-35(4-2)12-14-36/h3,5-10,15-17H,1,4,11-14H2,2H3,(H,29,32,37)(H,31,33,34). The molecular weight excluding hydrogens is 471 g/mol. The topological polar surface area (TPSA) is 99.2 Å². The number of piperazine rings is 1. The van der Waals surface area contributed by atoms with E-state index in [1.807, 2.05) is 12.1 Å². The van der Waals surface area contributed by atoms with Crippen LogP contribution in [0.4, 0.5) is 27.5 Å². The first-order chi connectivity index (χ1) is 18.0. The Morgan fingerprint density at radius 3 is 2.62 bits per heavy atom. The molecule has 0 unspecified atom stereocenters. The lowest BCUT2D eigenvalue weighted by Gasteiger charge is -2.34. The van der Waals surface area contributed by atoms with Crippen molar-refractivity contribution in [3.8, 4) is 11.3 Å². The minimum Gasteiger partial charge on any atom is -0.354 e. The molecule has 0 bridgehead atoms. The van der Waals surface area contributed by atoms with Gasteiger partial charge in [-0.05, 0) is 49.0 Å². The summed E-state index contributed by atoms with van der Waals surface area (Å²) in [5.74, 6) is 0.388. The molecule has 0 atom stereocenters. The van der Waals surface area contributed by atoms with Gasteiger partial charge in [-0.2, -0.15) is 0 Å². The largest absolute Gasteiger partial charge is 0.354 e. The zero-order valence-corrected chi connectivity index (χ0v) is 20.5. The number of aromatic nitrogens is 4. The maximum atomic E-state index is 15.1. The minimum absolute atomic E-state index is 0.220. The van der Waals surface area contributed by atoms with Gasteiger partial charge in [0.25, 0.3) is 0 Å². The number of hydrogen-bond donors (Lipinski definition) is 2. The van der Waals surface area contributed by atoms with Crippen LogP contribution in [0.1, 0.15) is 6.92 Å². The molecule has 4 heterocycles. The number of likely N-dealkylation sites (N-methyl/N-ethyl adjacent to an activating group) is 1. The van der Waals surface area contributed by atoms with Gasteiger partial charge in [0, 0.05) is 49.6 Å². The van der Waals surface area contributed by atoms with Gasteiger partial charge in [0.05, 0.1) is 28.7 Å². The van der Waals surface area contributed by atoms with Gasteiger partial charge in [-0.15, -0.1) is 0 Å². The highest BCUT2D eigenvalue weighted by atomic mass is 19.1. The number of carbonyl (C=O) groups is 1. The van der Waals surface area contributed by atoms with Crippen LogP contribution < -0.4 is 15.5 Å². The third kappa shape index (κ3) is 5.39. The lowest BCUT2D eigenvalue weighted by Crippen LogP contribution is -2.46. The van der Waals surface area contributed by atoms with E-state index in [0.717, 1.165) is 50.3 Å². The normalized spacial score (nSPS) is 13.9. The average molecular weight is 499 g/mol. The molecule has 4 aromatic rings. The van der Waals surface area contributed by atoms with Crippen LogP contribution in [0.25, 0.3) is 22.2 Å². The molecule has 5 rings (SSSR count). The highest BCUT2D eigenvalue weighted by molar-refractivity contribution is 6.00. The van der Waals surface area contributed by atoms with Gasteiger partial charge in [-0.1, -0.05) is 13.5 Å². The molecule has 1 fully saturated rings. The van der Waals surface area contributed by atoms with Gasteiger partial charge in [0.2, 0.25) is 11.9 Å². The maximum absolute atomic E-state index is 15.1. The first kappa shape index (κ1) is 24.3. The predicted octanol–water partition coefficient (Wildman–Crippen LogP) is 4.24. The van der Waals surface area contributed by atoms with E-state index in [2.05, 4.69) is 53.9 Å². The molecule has 1 amide bonds. The number of pyridine rings is 2. The summed E-state index contributed by atoms with van der Waals surface area (Å²) in [5, 5.41) is 6.49. The summed E-state index contributed by atoms with van der Waals surface area (Å²) in [4.78, 5) is 34.3. The lowest BCUT2D eigenvalue weighted by molar-refractivity contribution is -0.111. The van der Waals surface area contributed by atoms with E-state index in [-0.39, 0.29) is 11.5 Å². The second-order valence-electron chi connectivity index (χ2n) is 8.63. The predicted molar refractivity (Wildman–Crippen MR) is 143 cm³/mol. The Kier molecular flexibility index (Phi) is 7.00. The highest BCUT2D eigenvalue weighted by Gasteiger charge is 2.17. The van der Waals surface area contributed by atoms with Crippen LogP contribution in [0.2, 0.25) is 0 Å². The molecule has 9 nitrogen and oxygen atoms in total. The van der Waals surface area contributed by atoms with Gasteiger partial charge in [0.15, 0.2) is 0 Å². The summed E-state index contributed by atoms with van der Waals surface area (Å²) in [6.07, 6.45) is 6.04. The second kappa shape index (κ2) is 10.7. The zero-order valence-electron chi connectivity index (χ0n) is 20.5. The molecule has 37 heavy (non-hydrogen) atoms. The van der Waals surface area contributed by atoms with Crippen molar-refractivity contribution in [3.05, 3.63) is 73.5 Å². The number of nitrogens with one attached hydrogen (secondary N) is 2. The van der Waals surface area contributed by atoms with Gasteiger partial charge < -0.3 is 20.4 Å². The molecule has 1 aliphatic heterocycles. The fraction of sp³-hybridized carbons (Fsp3) is 0.222. The van der Waals surface area contributed by atoms with E-state index >= 15 is 4.39 Å². The summed E-state index contributed by atoms with van der Waals surface area (Å²) < 4.78 is 15.1. The number of carbonyl (C=O) groups excluding carboxylic acids is 1. The second-order valence-corrected chi connectivity index (χ2v) is 8.63. The minimum atomic E-state index is -0.481. The Morgan fingerprint density at radius 1 is 1.05 bits per heavy atom. The molecule has 0 spiro atoms. The zero-order chi connectivity index (χ0) is 25.8. The van der Waals surface area contributed by atoms with Gasteiger partial charge >= 0.3 is 0 Å². The molecule has 1 aliphatic rings. The fourth-order valence-corrected chi connectivity index (χ4v) is 4.28. The number of hydrogen-bond acceptors (Lipinski definition) is 8. The maximum Gasteiger partial charge on any atom is 0.247 e. The van der Waals surface area contributed by atoms with E-state index in [1.54, 1.807) is 30.6 Å². The molecule has 0 radical (unpaired) electrons. The van der Waals surface area contributed by atoms with Crippen molar-refractivity contribution in [2.24, 2.45) is 0 Å². The average Bonchev–Trinajstić information content (AvgIpc) is 2.93. The van der Waals surface area contributed by atoms with Crippen LogP contribution in [-0.4, -0.2) is 63.5 Å². The van der Waals surface area contributed by atoms with Gasteiger partial charge in [-0.25, -0.2) is 19.3 Å². The van der Waals surface area contributed by atoms with Crippen molar-refractivity contribution >= 4 is 40.0 Å². The smallest absolute Gasteiger partial charge is 0.247 e. The van der Waals surface area contributed by atoms with E-state index < -0.39 is 5.82 Å². The Balaban J connectivity index is 1.40. The Hall–Kier alpha value is -4.44. The van der Waals surface area contributed by atoms with Crippen LogP contribution in [0.5, 0.6) is 0 Å². The van der Waals surface area contributed by atoms with Crippen LogP contribution in [-0.2, 0) is 4.79 Å². The van der Waals surface area contributed by atoms with E-state index in [1.165, 1.54) is 12.3 Å². The lowest BCUT2D eigenvalue weighted by atomic mass is 10.1. The molecular formula is C27H27FN8O. The number of halogens is 1. The highest BCUT2D eigenvalue weighted by Crippen LogP contribution is 2.31. The summed E-state index contributed by atoms with van der Waals surface area (Å²) >= 11 is 0. The van der Waals surface area contributed by atoms with E-state index in [9.17, 15) is 4.79 Å². The summed E-state index contributed by atoms with van der Waals surface area (Å²) in [6.45, 7) is 10.6. The van der Waals surface area contributed by atoms with E-state index in [4.69, 9.17) is 0 Å². The monoisotopic (exact) mass is 498 g/mol. The molecule has 1 aromatic carbocycles. The quantitative estimate of drug-likeness (QED) is 0.365. The Labute approximate surface area is 214 Å². The number of anilines is 4. The van der Waals surface area contributed by atoms with Crippen LogP contribution in [0, 0.1) is 5.82 Å². The Morgan fingerprint density at radius 2 is 1.89 bits per heavy atom. The molecule has 2 N–H and O–H groups in total. The first-order valence-electron chi connectivity index (χ1n) is 12.1. The van der Waals surface area contributed by atoms with Gasteiger partial charge in [-0.3, -0.25) is 9.78 Å². The number of rotatable bonds is 7. The van der Waals surface area contributed by atoms with Crippen molar-refractivity contribution in [1.29, 1.82) is 0 Å². The first-order valence-corrected chi connectivity index (χ1v) is 12.1. The molecule has 0 saturated carbocycles. The van der Waals surface area contributed by atoms with Crippen molar-refractivity contribution < 1.29 is 9.18 Å². The van der Waals surface area contributed by atoms with Crippen molar-refractivity contribution in [1.82, 2.24) is 24.8 Å². The molecule has 10 heteroatoms. The molecule has 3 aromatic heterocycles. The SMILES string of the molecule is C=CC(=O)Nc1ccnc(-c2c(F)ccc3cnc(Nc4ccc(N5CCN(CC)CC5)nc4)nc23)c1. The third-order valence-electron chi connectivity index (χ3n) is 6.32. The molecule has 1 saturated heterocycles. The van der Waals surface area contributed by atoms with Crippen LogP contribution in [0.15, 0.2) is 67.6 Å². The number of nitrogens with zero attached hydrogens (tertiary/aromatic N) is 6. The summed E-state index contributed by atoms with van der Waals surface area (Å²) in [7, 11) is 0. The molecule has 188 valence electrons.